The lowest BCUT2D eigenvalue weighted by Crippen LogP contribution is -2.18. The van der Waals surface area contributed by atoms with Crippen molar-refractivity contribution in [1.29, 1.82) is 0 Å². The molecule has 0 fully saturated rings. The zero-order chi connectivity index (χ0) is 32.3. The number of hydrogen-bond donors (Lipinski definition) is 1. The monoisotopic (exact) mass is 597 g/mol. The highest BCUT2D eigenvalue weighted by Crippen LogP contribution is 2.46. The van der Waals surface area contributed by atoms with Gasteiger partial charge in [0.2, 0.25) is 11.6 Å². The van der Waals surface area contributed by atoms with E-state index in [1.165, 1.54) is 6.07 Å². The van der Waals surface area contributed by atoms with Crippen molar-refractivity contribution in [3.63, 3.8) is 0 Å². The molecule has 0 unspecified atom stereocenters. The number of ether oxygens (including phenoxy) is 5. The standard InChI is InChI=1S/C24H17ClF6N2O7/c1-36-19-14(5-4-13(18(19)26)40-24(29,30)31)39-15-9-11(25)16(21(27)28)20(37-2)17(15)22(34)33-10-6-7-32-12(8-10)23(35)38-3/h4-9,21H,1-3H3,(H,32,33,34)/i1D3. The van der Waals surface area contributed by atoms with Crippen molar-refractivity contribution < 1.29 is 63.7 Å². The topological polar surface area (TPSA) is 105 Å². The molecular formula is C24H17ClF6N2O7. The molecule has 214 valence electrons. The molecule has 0 aliphatic carbocycles. The summed E-state index contributed by atoms with van der Waals surface area (Å²) in [6.07, 6.45) is -7.60. The summed E-state index contributed by atoms with van der Waals surface area (Å²) in [4.78, 5) is 29.0. The lowest BCUT2D eigenvalue weighted by atomic mass is 10.1. The first-order chi connectivity index (χ1) is 20.0. The summed E-state index contributed by atoms with van der Waals surface area (Å²) in [6, 6.07) is 3.95. The molecule has 0 saturated carbocycles. The van der Waals surface area contributed by atoms with E-state index in [1.807, 2.05) is 0 Å². The summed E-state index contributed by atoms with van der Waals surface area (Å²) in [6.45, 7) is 0. The molecule has 1 N–H and O–H groups in total. The van der Waals surface area contributed by atoms with E-state index in [0.717, 1.165) is 26.5 Å². The minimum atomic E-state index is -5.39. The first-order valence-electron chi connectivity index (χ1n) is 11.9. The summed E-state index contributed by atoms with van der Waals surface area (Å²) in [5.74, 6) is -9.53. The second-order valence-electron chi connectivity index (χ2n) is 7.31. The minimum Gasteiger partial charge on any atom is -0.495 e. The van der Waals surface area contributed by atoms with Crippen molar-refractivity contribution in [1.82, 2.24) is 4.98 Å². The number of aromatic nitrogens is 1. The van der Waals surface area contributed by atoms with Crippen molar-refractivity contribution in [2.45, 2.75) is 12.8 Å². The molecule has 16 heteroatoms. The van der Waals surface area contributed by atoms with Crippen LogP contribution >= 0.6 is 11.6 Å². The summed E-state index contributed by atoms with van der Waals surface area (Å²) in [7, 11) is -1.48. The highest BCUT2D eigenvalue weighted by Gasteiger charge is 2.34. The number of alkyl halides is 5. The third-order valence-corrected chi connectivity index (χ3v) is 5.18. The SMILES string of the molecule is [2H]C([2H])([2H])Oc1c(Oc2cc(Cl)c(C(F)F)c(OC)c2C(=O)Nc2ccnc(C(=O)OC)c2)ccc(OC(F)(F)F)c1F. The number of halogens is 7. The molecule has 0 radical (unpaired) electrons. The second-order valence-corrected chi connectivity index (χ2v) is 7.72. The number of methoxy groups -OCH3 is 3. The van der Waals surface area contributed by atoms with E-state index in [0.29, 0.717) is 18.2 Å². The van der Waals surface area contributed by atoms with Gasteiger partial charge >= 0.3 is 12.3 Å². The molecule has 3 rings (SSSR count). The Morgan fingerprint density at radius 1 is 1.05 bits per heavy atom. The number of pyridine rings is 1. The molecule has 0 atom stereocenters. The lowest BCUT2D eigenvalue weighted by Gasteiger charge is -2.20. The van der Waals surface area contributed by atoms with Gasteiger partial charge in [0.05, 0.1) is 36.0 Å². The number of carbonyl (C=O) groups is 2. The average Bonchev–Trinajstić information content (AvgIpc) is 2.89. The molecule has 1 aromatic heterocycles. The zero-order valence-electron chi connectivity index (χ0n) is 23.0. The number of esters is 1. The lowest BCUT2D eigenvalue weighted by molar-refractivity contribution is -0.275. The Morgan fingerprint density at radius 2 is 1.75 bits per heavy atom. The first kappa shape index (κ1) is 25.9. The normalized spacial score (nSPS) is 12.6. The third-order valence-electron chi connectivity index (χ3n) is 4.87. The van der Waals surface area contributed by atoms with Gasteiger partial charge in [-0.1, -0.05) is 11.6 Å². The maximum Gasteiger partial charge on any atom is 0.573 e. The van der Waals surface area contributed by atoms with E-state index in [1.54, 1.807) is 0 Å². The smallest absolute Gasteiger partial charge is 0.495 e. The van der Waals surface area contributed by atoms with Gasteiger partial charge in [-0.3, -0.25) is 4.79 Å². The predicted molar refractivity (Wildman–Crippen MR) is 126 cm³/mol. The van der Waals surface area contributed by atoms with Crippen molar-refractivity contribution >= 4 is 29.2 Å². The minimum absolute atomic E-state index is 0.104. The van der Waals surface area contributed by atoms with Crippen molar-refractivity contribution in [2.24, 2.45) is 0 Å². The molecule has 40 heavy (non-hydrogen) atoms. The van der Waals surface area contributed by atoms with Gasteiger partial charge in [-0.05, 0) is 24.3 Å². The van der Waals surface area contributed by atoms with Gasteiger partial charge in [-0.15, -0.1) is 13.2 Å². The fraction of sp³-hybridized carbons (Fsp3) is 0.208. The number of carbonyl (C=O) groups excluding carboxylic acids is 2. The Kier molecular flexibility index (Phi) is 7.88. The third kappa shape index (κ3) is 6.59. The Morgan fingerprint density at radius 3 is 2.35 bits per heavy atom. The average molecular weight is 598 g/mol. The molecule has 0 aliphatic rings. The molecule has 0 spiro atoms. The fourth-order valence-corrected chi connectivity index (χ4v) is 3.53. The van der Waals surface area contributed by atoms with Crippen LogP contribution in [-0.4, -0.2) is 44.5 Å². The van der Waals surface area contributed by atoms with Crippen LogP contribution in [0, 0.1) is 5.82 Å². The number of rotatable bonds is 9. The van der Waals surface area contributed by atoms with Gasteiger partial charge in [0.1, 0.15) is 22.8 Å². The van der Waals surface area contributed by atoms with Crippen LogP contribution in [0.1, 0.15) is 36.9 Å². The summed E-state index contributed by atoms with van der Waals surface area (Å²) in [5, 5.41) is 1.56. The highest BCUT2D eigenvalue weighted by atomic mass is 35.5. The number of nitrogens with one attached hydrogen (secondary N) is 1. The van der Waals surface area contributed by atoms with Crippen LogP contribution in [0.5, 0.6) is 28.7 Å². The van der Waals surface area contributed by atoms with Gasteiger partial charge in [0.25, 0.3) is 12.3 Å². The second kappa shape index (κ2) is 12.2. The van der Waals surface area contributed by atoms with Crippen LogP contribution in [0.15, 0.2) is 36.5 Å². The van der Waals surface area contributed by atoms with Gasteiger partial charge in [0, 0.05) is 18.0 Å². The first-order valence-corrected chi connectivity index (χ1v) is 10.8. The quantitative estimate of drug-likeness (QED) is 0.218. The zero-order valence-corrected chi connectivity index (χ0v) is 20.7. The Hall–Kier alpha value is -4.40. The number of hydrogen-bond acceptors (Lipinski definition) is 8. The van der Waals surface area contributed by atoms with Crippen LogP contribution in [0.4, 0.5) is 32.0 Å². The number of benzene rings is 2. The molecule has 0 saturated heterocycles. The molecular weight excluding hydrogens is 578 g/mol. The Labute approximate surface area is 230 Å². The van der Waals surface area contributed by atoms with Gasteiger partial charge < -0.3 is 29.0 Å². The predicted octanol–water partition coefficient (Wildman–Crippen LogP) is 6.56. The maximum atomic E-state index is 15.0. The number of amides is 1. The van der Waals surface area contributed by atoms with Gasteiger partial charge in [0.15, 0.2) is 11.5 Å². The van der Waals surface area contributed by atoms with Crippen LogP contribution in [-0.2, 0) is 4.74 Å². The maximum absolute atomic E-state index is 15.0. The van der Waals surface area contributed by atoms with Gasteiger partial charge in [-0.2, -0.15) is 4.39 Å². The molecule has 2 aromatic carbocycles. The van der Waals surface area contributed by atoms with E-state index < -0.39 is 82.4 Å². The van der Waals surface area contributed by atoms with Crippen LogP contribution in [0.25, 0.3) is 0 Å². The molecule has 0 bridgehead atoms. The molecule has 9 nitrogen and oxygen atoms in total. The van der Waals surface area contributed by atoms with Crippen LogP contribution in [0.3, 0.4) is 0 Å². The van der Waals surface area contributed by atoms with Crippen molar-refractivity contribution in [3.05, 3.63) is 64.2 Å². The largest absolute Gasteiger partial charge is 0.573 e. The Bertz CT molecular complexity index is 1540. The fourth-order valence-electron chi connectivity index (χ4n) is 3.27. The number of anilines is 1. The van der Waals surface area contributed by atoms with E-state index in [4.69, 9.17) is 25.2 Å². The van der Waals surface area contributed by atoms with E-state index >= 15 is 4.39 Å². The van der Waals surface area contributed by atoms with Crippen LogP contribution < -0.4 is 24.3 Å². The van der Waals surface area contributed by atoms with Crippen molar-refractivity contribution in [3.8, 4) is 28.7 Å². The molecule has 1 amide bonds. The van der Waals surface area contributed by atoms with Gasteiger partial charge in [-0.25, -0.2) is 18.6 Å². The van der Waals surface area contributed by atoms with E-state index in [2.05, 4.69) is 24.5 Å². The molecule has 0 aliphatic heterocycles. The van der Waals surface area contributed by atoms with Crippen LogP contribution in [0.2, 0.25) is 5.02 Å². The van der Waals surface area contributed by atoms with E-state index in [9.17, 15) is 31.5 Å². The van der Waals surface area contributed by atoms with E-state index in [-0.39, 0.29) is 11.4 Å². The molecule has 1 heterocycles. The van der Waals surface area contributed by atoms with Crippen molar-refractivity contribution in [2.75, 3.05) is 26.6 Å². The summed E-state index contributed by atoms with van der Waals surface area (Å²) >= 11 is 5.99. The summed E-state index contributed by atoms with van der Waals surface area (Å²) < 4.78 is 126. The number of nitrogens with zero attached hydrogens (tertiary/aromatic N) is 1. The highest BCUT2D eigenvalue weighted by molar-refractivity contribution is 6.32. The Balaban J connectivity index is 2.21. The molecule has 3 aromatic rings. The summed E-state index contributed by atoms with van der Waals surface area (Å²) in [5.41, 5.74) is -2.15.